The molecular formula is C2H5ClO4P+. The van der Waals surface area contributed by atoms with Gasteiger partial charge in [0.25, 0.3) is 5.12 Å². The van der Waals surface area contributed by atoms with Crippen molar-refractivity contribution in [2.24, 2.45) is 0 Å². The highest BCUT2D eigenvalue weighted by Gasteiger charge is 2.40. The summed E-state index contributed by atoms with van der Waals surface area (Å²) in [5, 5.41) is -1.58. The van der Waals surface area contributed by atoms with Crippen molar-refractivity contribution in [1.82, 2.24) is 0 Å². The Bertz CT molecular complexity index is 88.5. The van der Waals surface area contributed by atoms with Crippen molar-refractivity contribution in [2.75, 3.05) is 0 Å². The average molecular weight is 159 g/mol. The minimum absolute atomic E-state index is 0.0648. The van der Waals surface area contributed by atoms with Crippen LogP contribution >= 0.6 is 19.5 Å². The minimum atomic E-state index is -4.11. The molecule has 1 atom stereocenters. The second-order valence-corrected chi connectivity index (χ2v) is 3.68. The maximum absolute atomic E-state index is 9.57. The monoisotopic (exact) mass is 159 g/mol. The lowest BCUT2D eigenvalue weighted by atomic mass is 10.9. The van der Waals surface area contributed by atoms with E-state index in [-0.39, 0.29) is 6.29 Å². The van der Waals surface area contributed by atoms with Gasteiger partial charge in [-0.3, -0.25) is 4.79 Å². The van der Waals surface area contributed by atoms with Crippen molar-refractivity contribution in [3.8, 4) is 0 Å². The van der Waals surface area contributed by atoms with E-state index in [2.05, 4.69) is 0 Å². The molecule has 0 heterocycles. The Balaban J connectivity index is 3.80. The van der Waals surface area contributed by atoms with Gasteiger partial charge in [0, 0.05) is 0 Å². The summed E-state index contributed by atoms with van der Waals surface area (Å²) in [6.45, 7) is 0. The molecule has 0 aliphatic carbocycles. The van der Waals surface area contributed by atoms with Crippen molar-refractivity contribution >= 4 is 25.8 Å². The number of aldehydes is 1. The number of rotatable bonds is 2. The van der Waals surface area contributed by atoms with Crippen molar-refractivity contribution in [1.29, 1.82) is 0 Å². The summed E-state index contributed by atoms with van der Waals surface area (Å²) in [6.07, 6.45) is 0.0648. The van der Waals surface area contributed by atoms with Crippen LogP contribution in [0.5, 0.6) is 0 Å². The third kappa shape index (κ3) is 2.55. The van der Waals surface area contributed by atoms with Gasteiger partial charge in [-0.05, 0) is 0 Å². The highest BCUT2D eigenvalue weighted by atomic mass is 35.5. The van der Waals surface area contributed by atoms with E-state index < -0.39 is 13.1 Å². The molecule has 0 bridgehead atoms. The van der Waals surface area contributed by atoms with Gasteiger partial charge in [-0.1, -0.05) is 11.6 Å². The molecule has 0 rings (SSSR count). The summed E-state index contributed by atoms with van der Waals surface area (Å²) in [7, 11) is -4.11. The number of carbonyl (C=O) groups excluding carboxylic acids is 1. The SMILES string of the molecule is O=CC(Cl)[P+](O)(O)O. The molecule has 0 radical (unpaired) electrons. The van der Waals surface area contributed by atoms with Crippen LogP contribution in [0.3, 0.4) is 0 Å². The smallest absolute Gasteiger partial charge is 0.297 e. The molecule has 0 aliphatic rings. The van der Waals surface area contributed by atoms with Crippen LogP contribution < -0.4 is 0 Å². The minimum Gasteiger partial charge on any atom is -0.297 e. The molecule has 0 saturated carbocycles. The van der Waals surface area contributed by atoms with E-state index in [9.17, 15) is 4.79 Å². The van der Waals surface area contributed by atoms with E-state index in [0.717, 1.165) is 0 Å². The van der Waals surface area contributed by atoms with E-state index in [0.29, 0.717) is 0 Å². The van der Waals surface area contributed by atoms with Gasteiger partial charge in [0.1, 0.15) is 0 Å². The fourth-order valence-electron chi connectivity index (χ4n) is 0.0816. The fraction of sp³-hybridized carbons (Fsp3) is 0.500. The van der Waals surface area contributed by atoms with Gasteiger partial charge in [-0.2, -0.15) is 14.7 Å². The van der Waals surface area contributed by atoms with Gasteiger partial charge in [-0.15, -0.1) is 0 Å². The zero-order chi connectivity index (χ0) is 6.78. The van der Waals surface area contributed by atoms with E-state index in [1.165, 1.54) is 0 Å². The van der Waals surface area contributed by atoms with Crippen LogP contribution in [-0.4, -0.2) is 26.1 Å². The highest BCUT2D eigenvalue weighted by molar-refractivity contribution is 7.62. The molecule has 6 heteroatoms. The molecule has 3 N–H and O–H groups in total. The topological polar surface area (TPSA) is 77.8 Å². The molecule has 0 aromatic heterocycles. The first-order valence-electron chi connectivity index (χ1n) is 1.65. The van der Waals surface area contributed by atoms with Crippen LogP contribution in [0.25, 0.3) is 0 Å². The molecule has 0 aromatic carbocycles. The van der Waals surface area contributed by atoms with E-state index in [4.69, 9.17) is 26.3 Å². The summed E-state index contributed by atoms with van der Waals surface area (Å²) in [6, 6.07) is 0. The molecule has 0 fully saturated rings. The Morgan fingerprint density at radius 1 is 1.50 bits per heavy atom. The summed E-state index contributed by atoms with van der Waals surface area (Å²) < 4.78 is 0. The number of alkyl halides is 1. The number of carbonyl (C=O) groups is 1. The Labute approximate surface area is 51.3 Å². The predicted octanol–water partition coefficient (Wildman–Crippen LogP) is -0.510. The fourth-order valence-corrected chi connectivity index (χ4v) is 0.245. The molecule has 0 saturated heterocycles. The molecule has 0 amide bonds. The van der Waals surface area contributed by atoms with Gasteiger partial charge in [-0.25, -0.2) is 0 Å². The molecule has 0 spiro atoms. The van der Waals surface area contributed by atoms with Crippen LogP contribution in [-0.2, 0) is 4.79 Å². The molecule has 48 valence electrons. The lowest BCUT2D eigenvalue weighted by Gasteiger charge is -2.01. The summed E-state index contributed by atoms with van der Waals surface area (Å²) in [5.41, 5.74) is 0. The second-order valence-electron chi connectivity index (χ2n) is 1.12. The highest BCUT2D eigenvalue weighted by Crippen LogP contribution is 2.50. The average Bonchev–Trinajstić information content (AvgIpc) is 1.62. The molecule has 4 nitrogen and oxygen atoms in total. The summed E-state index contributed by atoms with van der Waals surface area (Å²) in [5.74, 6) is 0. The number of hydrogen-bond acceptors (Lipinski definition) is 4. The third-order valence-corrected chi connectivity index (χ3v) is 2.12. The summed E-state index contributed by atoms with van der Waals surface area (Å²) >= 11 is 4.87. The number of halogens is 1. The molecule has 8 heavy (non-hydrogen) atoms. The van der Waals surface area contributed by atoms with E-state index in [1.807, 2.05) is 0 Å². The van der Waals surface area contributed by atoms with Crippen LogP contribution in [0, 0.1) is 0 Å². The molecule has 0 aromatic rings. The van der Waals surface area contributed by atoms with E-state index >= 15 is 0 Å². The Morgan fingerprint density at radius 2 is 1.88 bits per heavy atom. The summed E-state index contributed by atoms with van der Waals surface area (Å²) in [4.78, 5) is 34.0. The maximum Gasteiger partial charge on any atom is 0.430 e. The van der Waals surface area contributed by atoms with Gasteiger partial charge < -0.3 is 0 Å². The van der Waals surface area contributed by atoms with Crippen LogP contribution in [0.1, 0.15) is 0 Å². The normalized spacial score (nSPS) is 15.5. The molecule has 0 aliphatic heterocycles. The maximum atomic E-state index is 9.57. The zero-order valence-corrected chi connectivity index (χ0v) is 5.38. The van der Waals surface area contributed by atoms with Crippen molar-refractivity contribution in [3.05, 3.63) is 0 Å². The quantitative estimate of drug-likeness (QED) is 0.288. The van der Waals surface area contributed by atoms with E-state index in [1.54, 1.807) is 0 Å². The van der Waals surface area contributed by atoms with Crippen LogP contribution in [0.4, 0.5) is 0 Å². The molecular weight excluding hydrogens is 154 g/mol. The van der Waals surface area contributed by atoms with Gasteiger partial charge in [0.15, 0.2) is 6.29 Å². The third-order valence-electron chi connectivity index (χ3n) is 0.443. The van der Waals surface area contributed by atoms with Crippen LogP contribution in [0.15, 0.2) is 0 Å². The largest absolute Gasteiger partial charge is 0.430 e. The Kier molecular flexibility index (Phi) is 2.80. The number of hydrogen-bond donors (Lipinski definition) is 3. The van der Waals surface area contributed by atoms with Crippen molar-refractivity contribution < 1.29 is 19.5 Å². The predicted molar refractivity (Wildman–Crippen MR) is 29.3 cm³/mol. The first-order valence-corrected chi connectivity index (χ1v) is 3.80. The lowest BCUT2D eigenvalue weighted by molar-refractivity contribution is -0.106. The van der Waals surface area contributed by atoms with Crippen molar-refractivity contribution in [2.45, 2.75) is 5.12 Å². The standard InChI is InChI=1S/C2H5ClO4P/c3-2(1-4)8(5,6)7/h1-2,5-7H/q+1. The first kappa shape index (κ1) is 8.27. The Morgan fingerprint density at radius 3 is 1.88 bits per heavy atom. The van der Waals surface area contributed by atoms with Crippen molar-refractivity contribution in [3.63, 3.8) is 0 Å². The van der Waals surface area contributed by atoms with Crippen LogP contribution in [0.2, 0.25) is 0 Å². The van der Waals surface area contributed by atoms with Gasteiger partial charge in [0.05, 0.1) is 0 Å². The lowest BCUT2D eigenvalue weighted by Crippen LogP contribution is -2.05. The first-order chi connectivity index (χ1) is 3.48. The second kappa shape index (κ2) is 2.71. The molecule has 1 unspecified atom stereocenters. The zero-order valence-electron chi connectivity index (χ0n) is 3.73. The van der Waals surface area contributed by atoms with Gasteiger partial charge >= 0.3 is 7.94 Å². The Hall–Kier alpha value is 0.270. The van der Waals surface area contributed by atoms with Gasteiger partial charge in [0.2, 0.25) is 0 Å².